The number of rotatable bonds is 3. The van der Waals surface area contributed by atoms with Crippen molar-refractivity contribution in [3.63, 3.8) is 0 Å². The first-order valence-corrected chi connectivity index (χ1v) is 5.40. The monoisotopic (exact) mass is 264 g/mol. The van der Waals surface area contributed by atoms with Gasteiger partial charge in [-0.3, -0.25) is 0 Å². The molecule has 0 aliphatic heterocycles. The zero-order chi connectivity index (χ0) is 14.0. The first kappa shape index (κ1) is 13.0. The van der Waals surface area contributed by atoms with Gasteiger partial charge in [0.25, 0.3) is 0 Å². The Labute approximate surface area is 108 Å². The maximum atomic E-state index is 14.0. The maximum absolute atomic E-state index is 14.0. The predicted molar refractivity (Wildman–Crippen MR) is 65.3 cm³/mol. The Bertz CT molecular complexity index is 621. The molecule has 0 amide bonds. The molecule has 2 aromatic carbocycles. The summed E-state index contributed by atoms with van der Waals surface area (Å²) >= 11 is 0. The molecule has 19 heavy (non-hydrogen) atoms. The Morgan fingerprint density at radius 1 is 1.11 bits per heavy atom. The molecule has 0 radical (unpaired) electrons. The van der Waals surface area contributed by atoms with Gasteiger partial charge in [-0.25, -0.2) is 13.6 Å². The van der Waals surface area contributed by atoms with Crippen LogP contribution >= 0.6 is 0 Å². The smallest absolute Gasteiger partial charge is 0.341 e. The van der Waals surface area contributed by atoms with Crippen LogP contribution in [-0.2, 0) is 0 Å². The van der Waals surface area contributed by atoms with E-state index in [1.807, 2.05) is 0 Å². The first-order chi connectivity index (χ1) is 9.04. The Morgan fingerprint density at radius 2 is 1.74 bits per heavy atom. The van der Waals surface area contributed by atoms with Crippen LogP contribution in [-0.4, -0.2) is 18.2 Å². The number of benzene rings is 2. The lowest BCUT2D eigenvalue weighted by molar-refractivity contribution is 0.0686. The largest absolute Gasteiger partial charge is 0.497 e. The van der Waals surface area contributed by atoms with Crippen LogP contribution in [0.15, 0.2) is 36.4 Å². The molecule has 0 spiro atoms. The topological polar surface area (TPSA) is 46.5 Å². The minimum absolute atomic E-state index is 0.0291. The second-order valence-electron chi connectivity index (χ2n) is 3.82. The van der Waals surface area contributed by atoms with Gasteiger partial charge in [0.15, 0.2) is 0 Å². The van der Waals surface area contributed by atoms with E-state index < -0.39 is 23.2 Å². The lowest BCUT2D eigenvalue weighted by atomic mass is 10.0. The first-order valence-electron chi connectivity index (χ1n) is 5.40. The highest BCUT2D eigenvalue weighted by Gasteiger charge is 2.20. The second-order valence-corrected chi connectivity index (χ2v) is 3.82. The number of ether oxygens (including phenoxy) is 1. The van der Waals surface area contributed by atoms with Gasteiger partial charge in [-0.1, -0.05) is 12.1 Å². The minimum Gasteiger partial charge on any atom is -0.497 e. The molecule has 0 aliphatic rings. The highest BCUT2D eigenvalue weighted by atomic mass is 19.1. The molecule has 5 heteroatoms. The molecule has 0 fully saturated rings. The zero-order valence-corrected chi connectivity index (χ0v) is 9.98. The third-order valence-corrected chi connectivity index (χ3v) is 2.71. The maximum Gasteiger partial charge on any atom is 0.341 e. The van der Waals surface area contributed by atoms with Crippen molar-refractivity contribution in [3.8, 4) is 16.9 Å². The molecule has 1 N–H and O–H groups in total. The van der Waals surface area contributed by atoms with E-state index in [0.29, 0.717) is 11.3 Å². The lowest BCUT2D eigenvalue weighted by Crippen LogP contribution is -2.05. The highest BCUT2D eigenvalue weighted by molar-refractivity contribution is 5.90. The van der Waals surface area contributed by atoms with Crippen molar-refractivity contribution in [1.82, 2.24) is 0 Å². The summed E-state index contributed by atoms with van der Waals surface area (Å²) in [4.78, 5) is 10.8. The normalized spacial score (nSPS) is 10.3. The van der Waals surface area contributed by atoms with E-state index in [1.165, 1.54) is 13.2 Å². The quantitative estimate of drug-likeness (QED) is 0.924. The minimum atomic E-state index is -1.63. The van der Waals surface area contributed by atoms with Crippen LogP contribution in [0.3, 0.4) is 0 Å². The number of halogens is 2. The molecule has 0 aromatic heterocycles. The molecule has 0 aliphatic carbocycles. The number of hydrogen-bond donors (Lipinski definition) is 1. The predicted octanol–water partition coefficient (Wildman–Crippen LogP) is 3.34. The molecule has 0 unspecified atom stereocenters. The van der Waals surface area contributed by atoms with E-state index in [9.17, 15) is 13.6 Å². The fraction of sp³-hybridized carbons (Fsp3) is 0.0714. The highest BCUT2D eigenvalue weighted by Crippen LogP contribution is 2.28. The van der Waals surface area contributed by atoms with Crippen molar-refractivity contribution in [2.75, 3.05) is 7.11 Å². The molecule has 0 bridgehead atoms. The Kier molecular flexibility index (Phi) is 3.46. The molecular formula is C14H10F2O3. The Hall–Kier alpha value is -2.43. The summed E-state index contributed by atoms with van der Waals surface area (Å²) in [5, 5.41) is 8.80. The van der Waals surface area contributed by atoms with E-state index >= 15 is 0 Å². The summed E-state index contributed by atoms with van der Waals surface area (Å²) in [7, 11) is 1.50. The van der Waals surface area contributed by atoms with Crippen LogP contribution in [0.4, 0.5) is 8.78 Å². The molecule has 3 nitrogen and oxygen atoms in total. The molecule has 2 rings (SSSR count). The van der Waals surface area contributed by atoms with Gasteiger partial charge < -0.3 is 9.84 Å². The van der Waals surface area contributed by atoms with Crippen molar-refractivity contribution in [3.05, 3.63) is 53.6 Å². The van der Waals surface area contributed by atoms with Crippen LogP contribution in [0, 0.1) is 11.6 Å². The molecule has 2 aromatic rings. The number of carboxylic acid groups (broad SMARTS) is 1. The van der Waals surface area contributed by atoms with Crippen molar-refractivity contribution < 1.29 is 23.4 Å². The number of aromatic carboxylic acids is 1. The Balaban J connectivity index is 2.56. The van der Waals surface area contributed by atoms with Crippen LogP contribution in [0.5, 0.6) is 5.75 Å². The lowest BCUT2D eigenvalue weighted by Gasteiger charge is -2.08. The van der Waals surface area contributed by atoms with E-state index in [2.05, 4.69) is 0 Å². The number of carboxylic acids is 1. The zero-order valence-electron chi connectivity index (χ0n) is 9.98. The third-order valence-electron chi connectivity index (χ3n) is 2.71. The summed E-state index contributed by atoms with van der Waals surface area (Å²) in [6.07, 6.45) is 0. The van der Waals surface area contributed by atoms with Gasteiger partial charge in [0.05, 0.1) is 7.11 Å². The molecule has 0 saturated carbocycles. The van der Waals surface area contributed by atoms with E-state index in [4.69, 9.17) is 9.84 Å². The fourth-order valence-corrected chi connectivity index (χ4v) is 1.74. The average molecular weight is 264 g/mol. The van der Waals surface area contributed by atoms with Gasteiger partial charge >= 0.3 is 5.97 Å². The van der Waals surface area contributed by atoms with Gasteiger partial charge in [0, 0.05) is 5.56 Å². The molecule has 0 saturated heterocycles. The van der Waals surface area contributed by atoms with Crippen molar-refractivity contribution in [1.29, 1.82) is 0 Å². The van der Waals surface area contributed by atoms with Gasteiger partial charge in [-0.05, 0) is 29.8 Å². The SMILES string of the molecule is COc1ccc(-c2ccc(F)c(C(=O)O)c2F)cc1. The van der Waals surface area contributed by atoms with Crippen molar-refractivity contribution in [2.45, 2.75) is 0 Å². The second kappa shape index (κ2) is 5.06. The van der Waals surface area contributed by atoms with Crippen LogP contribution in [0.2, 0.25) is 0 Å². The fourth-order valence-electron chi connectivity index (χ4n) is 1.74. The van der Waals surface area contributed by atoms with E-state index in [0.717, 1.165) is 6.07 Å². The van der Waals surface area contributed by atoms with E-state index in [1.54, 1.807) is 24.3 Å². The van der Waals surface area contributed by atoms with Gasteiger partial charge in [0.2, 0.25) is 0 Å². The number of carbonyl (C=O) groups is 1. The summed E-state index contributed by atoms with van der Waals surface area (Å²) < 4.78 is 32.2. The van der Waals surface area contributed by atoms with Gasteiger partial charge in [0.1, 0.15) is 22.9 Å². The van der Waals surface area contributed by atoms with Crippen molar-refractivity contribution >= 4 is 5.97 Å². The van der Waals surface area contributed by atoms with Crippen LogP contribution in [0.1, 0.15) is 10.4 Å². The van der Waals surface area contributed by atoms with Gasteiger partial charge in [-0.2, -0.15) is 0 Å². The third kappa shape index (κ3) is 2.40. The molecular weight excluding hydrogens is 254 g/mol. The summed E-state index contributed by atoms with van der Waals surface area (Å²) in [6.45, 7) is 0. The molecule has 0 heterocycles. The summed E-state index contributed by atoms with van der Waals surface area (Å²) in [5.41, 5.74) is -0.476. The van der Waals surface area contributed by atoms with Gasteiger partial charge in [-0.15, -0.1) is 0 Å². The standard InChI is InChI=1S/C14H10F2O3/c1-19-9-4-2-8(3-5-9)10-6-7-11(15)12(13(10)16)14(17)18/h2-7H,1H3,(H,17,18). The average Bonchev–Trinajstić information content (AvgIpc) is 2.39. The number of methoxy groups -OCH3 is 1. The van der Waals surface area contributed by atoms with Crippen LogP contribution in [0.25, 0.3) is 11.1 Å². The molecule has 0 atom stereocenters. The Morgan fingerprint density at radius 3 is 2.26 bits per heavy atom. The number of hydrogen-bond acceptors (Lipinski definition) is 2. The molecule has 98 valence electrons. The van der Waals surface area contributed by atoms with E-state index in [-0.39, 0.29) is 5.56 Å². The summed E-state index contributed by atoms with van der Waals surface area (Å²) in [5.74, 6) is -3.23. The summed E-state index contributed by atoms with van der Waals surface area (Å²) in [6, 6.07) is 8.50. The van der Waals surface area contributed by atoms with Crippen molar-refractivity contribution in [2.24, 2.45) is 0 Å². The van der Waals surface area contributed by atoms with Crippen LogP contribution < -0.4 is 4.74 Å².